The largest absolute Gasteiger partial charge is 0.509 e. The summed E-state index contributed by atoms with van der Waals surface area (Å²) in [6, 6.07) is 13.9. The predicted octanol–water partition coefficient (Wildman–Crippen LogP) is 5.01. The molecule has 0 bridgehead atoms. The molecule has 9 heteroatoms. The molecule has 0 aromatic heterocycles. The van der Waals surface area contributed by atoms with Crippen LogP contribution in [0.15, 0.2) is 48.5 Å². The van der Waals surface area contributed by atoms with Gasteiger partial charge in [0.05, 0.1) is 25.7 Å². The molecule has 9 nitrogen and oxygen atoms in total. The van der Waals surface area contributed by atoms with Crippen molar-refractivity contribution in [3.05, 3.63) is 70.8 Å². The third-order valence-electron chi connectivity index (χ3n) is 5.81. The van der Waals surface area contributed by atoms with E-state index in [1.165, 1.54) is 4.90 Å². The second-order valence-electron chi connectivity index (χ2n) is 11.1. The summed E-state index contributed by atoms with van der Waals surface area (Å²) in [5.74, 6) is -0.796. The van der Waals surface area contributed by atoms with Gasteiger partial charge in [-0.3, -0.25) is 9.80 Å². The number of hydrogen-bond acceptors (Lipinski definition) is 5. The minimum absolute atomic E-state index is 0.0870. The Morgan fingerprint density at radius 1 is 0.838 bits per heavy atom. The molecule has 2 unspecified atom stereocenters. The van der Waals surface area contributed by atoms with Crippen LogP contribution >= 0.6 is 0 Å². The Labute approximate surface area is 217 Å². The molecule has 0 saturated heterocycles. The van der Waals surface area contributed by atoms with Crippen LogP contribution in [0.3, 0.4) is 0 Å². The average molecular weight is 514 g/mol. The molecule has 0 aliphatic carbocycles. The third kappa shape index (κ3) is 6.80. The van der Waals surface area contributed by atoms with E-state index >= 15 is 0 Å². The molecule has 0 saturated carbocycles. The molecule has 37 heavy (non-hydrogen) atoms. The second kappa shape index (κ2) is 10.8. The van der Waals surface area contributed by atoms with E-state index in [0.29, 0.717) is 18.7 Å². The summed E-state index contributed by atoms with van der Waals surface area (Å²) in [6.07, 6.45) is -0.938. The van der Waals surface area contributed by atoms with E-state index < -0.39 is 29.3 Å². The number of fused-ring (bicyclic) bond motifs is 2. The first-order valence-electron chi connectivity index (χ1n) is 12.2. The lowest BCUT2D eigenvalue weighted by atomic mass is 10.1. The van der Waals surface area contributed by atoms with E-state index in [1.807, 2.05) is 57.2 Å². The van der Waals surface area contributed by atoms with Gasteiger partial charge in [0.15, 0.2) is 0 Å². The third-order valence-corrected chi connectivity index (χ3v) is 5.81. The monoisotopic (exact) mass is 513 g/mol. The van der Waals surface area contributed by atoms with Gasteiger partial charge in [-0.15, -0.1) is 0 Å². The van der Waals surface area contributed by atoms with Crippen LogP contribution in [-0.2, 0) is 22.6 Å². The van der Waals surface area contributed by atoms with Crippen molar-refractivity contribution in [2.24, 2.45) is 0 Å². The fourth-order valence-corrected chi connectivity index (χ4v) is 4.33. The van der Waals surface area contributed by atoms with Gasteiger partial charge >= 0.3 is 18.2 Å². The summed E-state index contributed by atoms with van der Waals surface area (Å²) >= 11 is 0. The minimum atomic E-state index is -0.856. The Bertz CT molecular complexity index is 1150. The zero-order valence-corrected chi connectivity index (χ0v) is 22.3. The lowest BCUT2D eigenvalue weighted by Crippen LogP contribution is -2.38. The second-order valence-corrected chi connectivity index (χ2v) is 11.1. The molecule has 200 valence electrons. The Morgan fingerprint density at radius 2 is 1.27 bits per heavy atom. The highest BCUT2D eigenvalue weighted by molar-refractivity contribution is 5.84. The van der Waals surface area contributed by atoms with Gasteiger partial charge in [0, 0.05) is 0 Å². The molecule has 2 atom stereocenters. The molecule has 2 amide bonds. The van der Waals surface area contributed by atoms with Crippen molar-refractivity contribution in [2.75, 3.05) is 6.61 Å². The lowest BCUT2D eigenvalue weighted by Gasteiger charge is -2.28. The van der Waals surface area contributed by atoms with Crippen LogP contribution < -0.4 is 0 Å². The van der Waals surface area contributed by atoms with Gasteiger partial charge < -0.3 is 24.5 Å². The number of aliphatic hydroxyl groups is 1. The maximum Gasteiger partial charge on any atom is 0.509 e. The summed E-state index contributed by atoms with van der Waals surface area (Å²) in [4.78, 5) is 36.5. The smallest absolute Gasteiger partial charge is 0.444 e. The number of benzene rings is 2. The van der Waals surface area contributed by atoms with Crippen molar-refractivity contribution in [1.82, 2.24) is 9.80 Å². The first-order valence-corrected chi connectivity index (χ1v) is 12.2. The van der Waals surface area contributed by atoms with Crippen LogP contribution in [0.4, 0.5) is 9.59 Å². The number of carbonyl (C=O) groups is 2. The SMILES string of the molecule is CC(C)(C)OC(=O)N1Cc2ccccc2C1C(O)=[OH+].CC(C)(C)OC(=O)N1Cc2ccccc2C1CO. The molecule has 0 spiro atoms. The van der Waals surface area contributed by atoms with Gasteiger partial charge in [0.1, 0.15) is 11.2 Å². The van der Waals surface area contributed by atoms with E-state index in [-0.39, 0.29) is 18.7 Å². The summed E-state index contributed by atoms with van der Waals surface area (Å²) in [6.45, 7) is 11.5. The number of nitrogens with zero attached hydrogens (tertiary/aromatic N) is 2. The van der Waals surface area contributed by atoms with Gasteiger partial charge in [-0.2, -0.15) is 0 Å². The molecule has 2 aromatic rings. The van der Waals surface area contributed by atoms with Crippen molar-refractivity contribution in [3.63, 3.8) is 0 Å². The standard InChI is InChI=1S/C14H17NO4.C14H19NO3/c1-14(2,3)19-13(18)15-8-9-6-4-5-7-10(9)11(15)12(16)17;1-14(2,3)18-13(17)15-8-10-6-4-5-7-11(10)12(15)9-16/h4-7,11H,8H2,1-3H3,(H,16,17);4-7,12,16H,8-9H2,1-3H3/p+1. The minimum Gasteiger partial charge on any atom is -0.444 e. The van der Waals surface area contributed by atoms with E-state index in [0.717, 1.165) is 16.7 Å². The number of carboxylic acids is 1. The van der Waals surface area contributed by atoms with Gasteiger partial charge in [-0.1, -0.05) is 48.5 Å². The van der Waals surface area contributed by atoms with Crippen molar-refractivity contribution in [1.29, 1.82) is 0 Å². The van der Waals surface area contributed by atoms with E-state index in [4.69, 9.17) is 9.47 Å². The highest BCUT2D eigenvalue weighted by atomic mass is 16.6. The lowest BCUT2D eigenvalue weighted by molar-refractivity contribution is 0.0110. The zero-order chi connectivity index (χ0) is 27.5. The number of aliphatic hydroxyl groups excluding tert-OH is 2. The molecule has 2 aromatic carbocycles. The topological polar surface area (TPSA) is 121 Å². The normalized spacial score (nSPS) is 18.4. The number of carbonyl (C=O) groups excluding carboxylic acids is 2. The first-order chi connectivity index (χ1) is 17.2. The first kappa shape index (κ1) is 28.0. The molecule has 2 aliphatic rings. The molecule has 4 rings (SSSR count). The Hall–Kier alpha value is -3.59. The fraction of sp³-hybridized carbons (Fsp3) is 0.464. The summed E-state index contributed by atoms with van der Waals surface area (Å²) in [5, 5.41) is 18.9. The van der Waals surface area contributed by atoms with Crippen molar-refractivity contribution < 1.29 is 34.1 Å². The van der Waals surface area contributed by atoms with Gasteiger partial charge in [0.2, 0.25) is 6.04 Å². The van der Waals surface area contributed by atoms with E-state index in [2.05, 4.69) is 0 Å². The Morgan fingerprint density at radius 3 is 1.76 bits per heavy atom. The average Bonchev–Trinajstić information content (AvgIpc) is 3.36. The van der Waals surface area contributed by atoms with E-state index in [1.54, 1.807) is 37.8 Å². The number of amides is 2. The molecular formula is C28H37N2O7+. The Balaban J connectivity index is 0.000000206. The maximum absolute atomic E-state index is 12.1. The van der Waals surface area contributed by atoms with Crippen molar-refractivity contribution in [3.8, 4) is 0 Å². The summed E-state index contributed by atoms with van der Waals surface area (Å²) in [5.41, 5.74) is 2.54. The van der Waals surface area contributed by atoms with Crippen molar-refractivity contribution in [2.45, 2.75) is 77.9 Å². The van der Waals surface area contributed by atoms with Crippen LogP contribution in [0.2, 0.25) is 0 Å². The molecular weight excluding hydrogens is 476 g/mol. The summed E-state index contributed by atoms with van der Waals surface area (Å²) < 4.78 is 10.6. The maximum atomic E-state index is 12.1. The summed E-state index contributed by atoms with van der Waals surface area (Å²) in [7, 11) is 0. The van der Waals surface area contributed by atoms with Gasteiger partial charge in [-0.25, -0.2) is 9.59 Å². The number of carboxylic acid groups (broad SMARTS) is 1. The van der Waals surface area contributed by atoms with Gasteiger partial charge in [-0.05, 0) is 63.8 Å². The molecule has 3 N–H and O–H groups in total. The number of aliphatic carboxylic acids is 1. The van der Waals surface area contributed by atoms with E-state index in [9.17, 15) is 24.6 Å². The number of hydrogen-bond donors (Lipinski definition) is 2. The predicted molar refractivity (Wildman–Crippen MR) is 139 cm³/mol. The fourth-order valence-electron chi connectivity index (χ4n) is 4.33. The molecule has 0 radical (unpaired) electrons. The van der Waals surface area contributed by atoms with Crippen LogP contribution in [-0.4, -0.2) is 60.8 Å². The highest BCUT2D eigenvalue weighted by Crippen LogP contribution is 2.35. The highest BCUT2D eigenvalue weighted by Gasteiger charge is 2.44. The zero-order valence-electron chi connectivity index (χ0n) is 22.3. The molecule has 0 fully saturated rings. The number of rotatable bonds is 2. The molecule has 2 heterocycles. The Kier molecular flexibility index (Phi) is 8.17. The van der Waals surface area contributed by atoms with Crippen LogP contribution in [0.5, 0.6) is 0 Å². The quantitative estimate of drug-likeness (QED) is 0.545. The van der Waals surface area contributed by atoms with Crippen LogP contribution in [0, 0.1) is 0 Å². The number of ether oxygens (including phenoxy) is 2. The van der Waals surface area contributed by atoms with Crippen molar-refractivity contribution >= 4 is 18.2 Å². The molecule has 2 aliphatic heterocycles. The van der Waals surface area contributed by atoms with Crippen LogP contribution in [0.1, 0.15) is 75.9 Å². The van der Waals surface area contributed by atoms with Gasteiger partial charge in [0.25, 0.3) is 0 Å². The van der Waals surface area contributed by atoms with Crippen LogP contribution in [0.25, 0.3) is 0 Å².